The van der Waals surface area contributed by atoms with E-state index in [9.17, 15) is 0 Å². The minimum atomic E-state index is 0. The zero-order chi connectivity index (χ0) is 14.7. The van der Waals surface area contributed by atoms with E-state index in [1.54, 1.807) is 0 Å². The summed E-state index contributed by atoms with van der Waals surface area (Å²) in [6.07, 6.45) is 1.19. The Hall–Kier alpha value is -0.280. The van der Waals surface area contributed by atoms with Crippen LogP contribution in [0.25, 0.3) is 0 Å². The standard InChI is InChI=1S/C17H27ClN2.ClH/c1-12(2)9-17(15-5-7-16(18)8-6-15)20-11-13(3)19-10-14(20)4;/h5-8,12-14,17,19H,9-11H2,1-4H3;1H/t13-,14+,17?;/m1./s1. The molecule has 1 aromatic carbocycles. The number of hydrogen-bond acceptors (Lipinski definition) is 2. The molecule has 1 heterocycles. The molecule has 1 aromatic rings. The zero-order valence-electron chi connectivity index (χ0n) is 13.5. The highest BCUT2D eigenvalue weighted by Crippen LogP contribution is 2.31. The number of piperazine rings is 1. The van der Waals surface area contributed by atoms with Crippen LogP contribution in [0.15, 0.2) is 24.3 Å². The van der Waals surface area contributed by atoms with E-state index in [0.29, 0.717) is 24.0 Å². The molecule has 1 unspecified atom stereocenters. The second kappa shape index (κ2) is 8.38. The highest BCUT2D eigenvalue weighted by molar-refractivity contribution is 6.30. The van der Waals surface area contributed by atoms with Crippen molar-refractivity contribution in [2.75, 3.05) is 13.1 Å². The van der Waals surface area contributed by atoms with E-state index >= 15 is 0 Å². The molecule has 21 heavy (non-hydrogen) atoms. The minimum Gasteiger partial charge on any atom is -0.311 e. The Morgan fingerprint density at radius 1 is 1.24 bits per heavy atom. The molecular weight excluding hydrogens is 303 g/mol. The van der Waals surface area contributed by atoms with Crippen molar-refractivity contribution in [3.05, 3.63) is 34.9 Å². The molecule has 0 amide bonds. The molecule has 0 aliphatic carbocycles. The van der Waals surface area contributed by atoms with Gasteiger partial charge in [-0.25, -0.2) is 0 Å². The lowest BCUT2D eigenvalue weighted by molar-refractivity contribution is 0.0826. The first-order valence-corrected chi connectivity index (χ1v) is 8.09. The smallest absolute Gasteiger partial charge is 0.0406 e. The molecule has 1 fully saturated rings. The minimum absolute atomic E-state index is 0. The van der Waals surface area contributed by atoms with Crippen LogP contribution in [0.1, 0.15) is 45.7 Å². The predicted octanol–water partition coefficient (Wildman–Crippen LogP) is 4.53. The molecular formula is C17H28Cl2N2. The lowest BCUT2D eigenvalue weighted by Gasteiger charge is -2.43. The maximum absolute atomic E-state index is 6.04. The van der Waals surface area contributed by atoms with Crippen LogP contribution in [-0.2, 0) is 0 Å². The van der Waals surface area contributed by atoms with E-state index in [4.69, 9.17) is 11.6 Å². The van der Waals surface area contributed by atoms with E-state index in [0.717, 1.165) is 18.1 Å². The summed E-state index contributed by atoms with van der Waals surface area (Å²) >= 11 is 6.04. The number of rotatable bonds is 4. The summed E-state index contributed by atoms with van der Waals surface area (Å²) in [4.78, 5) is 2.66. The van der Waals surface area contributed by atoms with Crippen LogP contribution in [0.3, 0.4) is 0 Å². The molecule has 4 heteroatoms. The van der Waals surface area contributed by atoms with E-state index < -0.39 is 0 Å². The van der Waals surface area contributed by atoms with E-state index in [2.05, 4.69) is 50.0 Å². The van der Waals surface area contributed by atoms with Gasteiger partial charge in [-0.2, -0.15) is 0 Å². The number of nitrogens with zero attached hydrogens (tertiary/aromatic N) is 1. The molecule has 3 atom stereocenters. The van der Waals surface area contributed by atoms with Crippen LogP contribution in [0, 0.1) is 5.92 Å². The molecule has 1 N–H and O–H groups in total. The van der Waals surface area contributed by atoms with Gasteiger partial charge in [-0.15, -0.1) is 12.4 Å². The Morgan fingerprint density at radius 3 is 2.43 bits per heavy atom. The third-order valence-corrected chi connectivity index (χ3v) is 4.41. The first kappa shape index (κ1) is 18.8. The predicted molar refractivity (Wildman–Crippen MR) is 94.5 cm³/mol. The number of benzene rings is 1. The van der Waals surface area contributed by atoms with Gasteiger partial charge in [0.1, 0.15) is 0 Å². The second-order valence-electron chi connectivity index (χ2n) is 6.55. The molecule has 1 aliphatic heterocycles. The zero-order valence-corrected chi connectivity index (χ0v) is 15.0. The summed E-state index contributed by atoms with van der Waals surface area (Å²) in [5.74, 6) is 0.688. The van der Waals surface area contributed by atoms with Crippen molar-refractivity contribution >= 4 is 24.0 Å². The Kier molecular flexibility index (Phi) is 7.49. The van der Waals surface area contributed by atoms with Gasteiger partial charge in [0.2, 0.25) is 0 Å². The fourth-order valence-electron chi connectivity index (χ4n) is 3.08. The SMILES string of the molecule is CC(C)CC(c1ccc(Cl)cc1)N1C[C@@H](C)NC[C@@H]1C.Cl. The van der Waals surface area contributed by atoms with Crippen molar-refractivity contribution in [3.8, 4) is 0 Å². The quantitative estimate of drug-likeness (QED) is 0.872. The first-order chi connectivity index (χ1) is 9.47. The molecule has 0 spiro atoms. The lowest BCUT2D eigenvalue weighted by atomic mass is 9.93. The van der Waals surface area contributed by atoms with Crippen molar-refractivity contribution in [3.63, 3.8) is 0 Å². The molecule has 0 saturated carbocycles. The fourth-order valence-corrected chi connectivity index (χ4v) is 3.20. The van der Waals surface area contributed by atoms with Gasteiger partial charge in [0.25, 0.3) is 0 Å². The Labute approximate surface area is 140 Å². The van der Waals surface area contributed by atoms with Crippen LogP contribution in [0.2, 0.25) is 5.02 Å². The molecule has 1 aliphatic rings. The van der Waals surface area contributed by atoms with E-state index in [1.807, 2.05) is 12.1 Å². The number of nitrogens with one attached hydrogen (secondary N) is 1. The highest BCUT2D eigenvalue weighted by Gasteiger charge is 2.30. The van der Waals surface area contributed by atoms with Crippen molar-refractivity contribution in [1.29, 1.82) is 0 Å². The summed E-state index contributed by atoms with van der Waals surface area (Å²) in [5.41, 5.74) is 1.39. The van der Waals surface area contributed by atoms with Gasteiger partial charge in [-0.05, 0) is 43.9 Å². The van der Waals surface area contributed by atoms with Gasteiger partial charge in [-0.1, -0.05) is 37.6 Å². The van der Waals surface area contributed by atoms with E-state index in [1.165, 1.54) is 12.0 Å². The third kappa shape index (κ3) is 5.14. The van der Waals surface area contributed by atoms with Gasteiger partial charge < -0.3 is 5.32 Å². The Bertz CT molecular complexity index is 419. The maximum atomic E-state index is 6.04. The summed E-state index contributed by atoms with van der Waals surface area (Å²) < 4.78 is 0. The van der Waals surface area contributed by atoms with Crippen molar-refractivity contribution in [2.45, 2.75) is 52.2 Å². The van der Waals surface area contributed by atoms with Crippen molar-refractivity contribution in [1.82, 2.24) is 10.2 Å². The first-order valence-electron chi connectivity index (χ1n) is 7.72. The normalized spacial score (nSPS) is 24.7. The van der Waals surface area contributed by atoms with E-state index in [-0.39, 0.29) is 12.4 Å². The van der Waals surface area contributed by atoms with Gasteiger partial charge in [-0.3, -0.25) is 4.90 Å². The Morgan fingerprint density at radius 2 is 1.86 bits per heavy atom. The monoisotopic (exact) mass is 330 g/mol. The Balaban J connectivity index is 0.00000220. The fraction of sp³-hybridized carbons (Fsp3) is 0.647. The molecule has 2 rings (SSSR count). The van der Waals surface area contributed by atoms with Crippen LogP contribution >= 0.6 is 24.0 Å². The molecule has 0 radical (unpaired) electrons. The van der Waals surface area contributed by atoms with Crippen LogP contribution < -0.4 is 5.32 Å². The number of halogens is 2. The van der Waals surface area contributed by atoms with Gasteiger partial charge >= 0.3 is 0 Å². The topological polar surface area (TPSA) is 15.3 Å². The molecule has 0 bridgehead atoms. The van der Waals surface area contributed by atoms with Crippen LogP contribution in [0.4, 0.5) is 0 Å². The van der Waals surface area contributed by atoms with Gasteiger partial charge in [0.15, 0.2) is 0 Å². The molecule has 2 nitrogen and oxygen atoms in total. The average Bonchev–Trinajstić information content (AvgIpc) is 2.40. The van der Waals surface area contributed by atoms with Crippen molar-refractivity contribution < 1.29 is 0 Å². The second-order valence-corrected chi connectivity index (χ2v) is 6.99. The summed E-state index contributed by atoms with van der Waals surface area (Å²) in [7, 11) is 0. The average molecular weight is 331 g/mol. The number of hydrogen-bond donors (Lipinski definition) is 1. The summed E-state index contributed by atoms with van der Waals surface area (Å²) in [6, 6.07) is 10.0. The van der Waals surface area contributed by atoms with Crippen LogP contribution in [-0.4, -0.2) is 30.1 Å². The highest BCUT2D eigenvalue weighted by atomic mass is 35.5. The molecule has 1 saturated heterocycles. The lowest BCUT2D eigenvalue weighted by Crippen LogP contribution is -2.55. The largest absolute Gasteiger partial charge is 0.311 e. The van der Waals surface area contributed by atoms with Crippen molar-refractivity contribution in [2.24, 2.45) is 5.92 Å². The summed E-state index contributed by atoms with van der Waals surface area (Å²) in [6.45, 7) is 11.4. The van der Waals surface area contributed by atoms with Gasteiger partial charge in [0, 0.05) is 36.2 Å². The summed E-state index contributed by atoms with van der Waals surface area (Å²) in [5, 5.41) is 4.39. The van der Waals surface area contributed by atoms with Gasteiger partial charge in [0.05, 0.1) is 0 Å². The maximum Gasteiger partial charge on any atom is 0.0406 e. The van der Waals surface area contributed by atoms with Crippen LogP contribution in [0.5, 0.6) is 0 Å². The molecule has 0 aromatic heterocycles. The third-order valence-electron chi connectivity index (χ3n) is 4.16. The molecule has 120 valence electrons.